The summed E-state index contributed by atoms with van der Waals surface area (Å²) in [6.45, 7) is 4.49. The predicted molar refractivity (Wildman–Crippen MR) is 90.4 cm³/mol. The number of carbonyl (C=O) groups excluding carboxylic acids is 1. The molecule has 7 heteroatoms. The molecule has 0 aliphatic carbocycles. The molecule has 1 amide bonds. The van der Waals surface area contributed by atoms with E-state index < -0.39 is 0 Å². The van der Waals surface area contributed by atoms with Crippen LogP contribution in [0.2, 0.25) is 0 Å². The lowest BCUT2D eigenvalue weighted by Gasteiger charge is -2.16. The number of nitrogens with one attached hydrogen (secondary N) is 1. The molecule has 0 saturated carbocycles. The molecular formula is C16H19N5OS. The van der Waals surface area contributed by atoms with Crippen LogP contribution in [-0.2, 0) is 13.6 Å². The summed E-state index contributed by atoms with van der Waals surface area (Å²) in [4.78, 5) is 15.3. The maximum atomic E-state index is 12.6. The molecule has 0 radical (unpaired) electrons. The van der Waals surface area contributed by atoms with Crippen molar-refractivity contribution in [2.45, 2.75) is 20.4 Å². The first kappa shape index (κ1) is 15.5. The molecule has 0 fully saturated rings. The van der Waals surface area contributed by atoms with E-state index >= 15 is 0 Å². The van der Waals surface area contributed by atoms with Crippen LogP contribution in [0.5, 0.6) is 0 Å². The number of nitrogens with zero attached hydrogens (tertiary/aromatic N) is 4. The molecule has 3 rings (SSSR count). The second-order valence-corrected chi connectivity index (χ2v) is 6.53. The van der Waals surface area contributed by atoms with Gasteiger partial charge in [0.15, 0.2) is 5.69 Å². The van der Waals surface area contributed by atoms with Crippen LogP contribution in [0.15, 0.2) is 23.6 Å². The molecule has 0 aliphatic heterocycles. The average Bonchev–Trinajstić information content (AvgIpc) is 3.23. The maximum Gasteiger partial charge on any atom is 0.274 e. The maximum absolute atomic E-state index is 12.6. The minimum atomic E-state index is -0.105. The molecule has 0 aromatic carbocycles. The molecule has 3 heterocycles. The second kappa shape index (κ2) is 6.00. The Hall–Kier alpha value is -2.41. The number of aromatic nitrogens is 4. The number of carbonyl (C=O) groups is 1. The Morgan fingerprint density at radius 1 is 1.43 bits per heavy atom. The van der Waals surface area contributed by atoms with E-state index in [-0.39, 0.29) is 5.91 Å². The highest BCUT2D eigenvalue weighted by Crippen LogP contribution is 2.23. The van der Waals surface area contributed by atoms with Crippen LogP contribution >= 0.6 is 11.3 Å². The van der Waals surface area contributed by atoms with E-state index in [1.54, 1.807) is 29.4 Å². The molecule has 0 saturated heterocycles. The van der Waals surface area contributed by atoms with Gasteiger partial charge in [0.1, 0.15) is 0 Å². The number of hydrogen-bond acceptors (Lipinski definition) is 4. The van der Waals surface area contributed by atoms with E-state index in [9.17, 15) is 4.79 Å². The molecular weight excluding hydrogens is 310 g/mol. The van der Waals surface area contributed by atoms with Crippen LogP contribution in [-0.4, -0.2) is 37.8 Å². The minimum Gasteiger partial charge on any atom is -0.336 e. The third-order valence-corrected chi connectivity index (χ3v) is 4.89. The summed E-state index contributed by atoms with van der Waals surface area (Å²) in [7, 11) is 3.70. The minimum absolute atomic E-state index is 0.105. The van der Waals surface area contributed by atoms with Gasteiger partial charge in [-0.1, -0.05) is 6.07 Å². The number of aromatic amines is 1. The first-order valence-corrected chi connectivity index (χ1v) is 8.19. The zero-order valence-electron chi connectivity index (χ0n) is 13.6. The zero-order valence-corrected chi connectivity index (χ0v) is 14.4. The standard InChI is InChI=1S/C16H19N5OS/c1-10-12(11(2)21(4)19-10)9-20(3)16(22)14-8-13(17-18-14)15-6-5-7-23-15/h5-8H,9H2,1-4H3,(H,17,18). The van der Waals surface area contributed by atoms with Crippen LogP contribution in [0.25, 0.3) is 10.6 Å². The fraction of sp³-hybridized carbons (Fsp3) is 0.312. The largest absolute Gasteiger partial charge is 0.336 e. The first-order valence-electron chi connectivity index (χ1n) is 7.31. The predicted octanol–water partition coefficient (Wildman–Crippen LogP) is 2.76. The molecule has 1 N–H and O–H groups in total. The van der Waals surface area contributed by atoms with Gasteiger partial charge in [-0.25, -0.2) is 0 Å². The topological polar surface area (TPSA) is 66.8 Å². The Balaban J connectivity index is 1.77. The number of rotatable bonds is 4. The summed E-state index contributed by atoms with van der Waals surface area (Å²) in [5.41, 5.74) is 4.40. The molecule has 0 aliphatic rings. The summed E-state index contributed by atoms with van der Waals surface area (Å²) in [6, 6.07) is 5.77. The quantitative estimate of drug-likeness (QED) is 0.800. The highest BCUT2D eigenvalue weighted by atomic mass is 32.1. The highest BCUT2D eigenvalue weighted by Gasteiger charge is 2.19. The lowest BCUT2D eigenvalue weighted by molar-refractivity contribution is 0.0779. The Kier molecular flexibility index (Phi) is 4.04. The molecule has 3 aromatic rings. The van der Waals surface area contributed by atoms with Crippen LogP contribution in [0, 0.1) is 13.8 Å². The number of H-pyrrole nitrogens is 1. The van der Waals surface area contributed by atoms with E-state index in [1.165, 1.54) is 0 Å². The van der Waals surface area contributed by atoms with Crippen LogP contribution in [0.3, 0.4) is 0 Å². The van der Waals surface area contributed by atoms with Crippen molar-refractivity contribution in [3.8, 4) is 10.6 Å². The van der Waals surface area contributed by atoms with Gasteiger partial charge in [0.2, 0.25) is 0 Å². The molecule has 0 bridgehead atoms. The fourth-order valence-corrected chi connectivity index (χ4v) is 3.23. The SMILES string of the molecule is Cc1nn(C)c(C)c1CN(C)C(=O)c1cc(-c2cccs2)[nH]n1. The van der Waals surface area contributed by atoms with Crippen molar-refractivity contribution in [1.29, 1.82) is 0 Å². The summed E-state index contributed by atoms with van der Waals surface area (Å²) in [5, 5.41) is 13.5. The lowest BCUT2D eigenvalue weighted by atomic mass is 10.2. The summed E-state index contributed by atoms with van der Waals surface area (Å²) in [5.74, 6) is -0.105. The summed E-state index contributed by atoms with van der Waals surface area (Å²) in [6.07, 6.45) is 0. The number of thiophene rings is 1. The molecule has 0 spiro atoms. The lowest BCUT2D eigenvalue weighted by Crippen LogP contribution is -2.27. The number of aryl methyl sites for hydroxylation is 2. The van der Waals surface area contributed by atoms with Crippen molar-refractivity contribution in [3.05, 3.63) is 46.2 Å². The van der Waals surface area contributed by atoms with Gasteiger partial charge in [-0.3, -0.25) is 14.6 Å². The third-order valence-electron chi connectivity index (χ3n) is 3.98. The number of amides is 1. The highest BCUT2D eigenvalue weighted by molar-refractivity contribution is 7.13. The van der Waals surface area contributed by atoms with Gasteiger partial charge < -0.3 is 4.90 Å². The molecule has 0 atom stereocenters. The normalized spacial score (nSPS) is 11.0. The van der Waals surface area contributed by atoms with Crippen molar-refractivity contribution in [2.75, 3.05) is 7.05 Å². The Bertz CT molecular complexity index is 831. The van der Waals surface area contributed by atoms with Gasteiger partial charge in [0.25, 0.3) is 5.91 Å². The van der Waals surface area contributed by atoms with Gasteiger partial charge in [-0.05, 0) is 31.4 Å². The number of hydrogen-bond donors (Lipinski definition) is 1. The van der Waals surface area contributed by atoms with Gasteiger partial charge in [0, 0.05) is 31.9 Å². The first-order chi connectivity index (χ1) is 11.0. The molecule has 3 aromatic heterocycles. The van der Waals surface area contributed by atoms with Gasteiger partial charge in [-0.2, -0.15) is 10.2 Å². The van der Waals surface area contributed by atoms with Crippen molar-refractivity contribution in [3.63, 3.8) is 0 Å². The van der Waals surface area contributed by atoms with Crippen molar-refractivity contribution in [1.82, 2.24) is 24.9 Å². The van der Waals surface area contributed by atoms with Gasteiger partial charge in [-0.15, -0.1) is 11.3 Å². The monoisotopic (exact) mass is 329 g/mol. The molecule has 0 unspecified atom stereocenters. The zero-order chi connectivity index (χ0) is 16.6. The molecule has 23 heavy (non-hydrogen) atoms. The second-order valence-electron chi connectivity index (χ2n) is 5.58. The van der Waals surface area contributed by atoms with E-state index in [2.05, 4.69) is 15.3 Å². The van der Waals surface area contributed by atoms with Crippen molar-refractivity contribution < 1.29 is 4.79 Å². The summed E-state index contributed by atoms with van der Waals surface area (Å²) < 4.78 is 1.84. The molecule has 6 nitrogen and oxygen atoms in total. The fourth-order valence-electron chi connectivity index (χ4n) is 2.54. The van der Waals surface area contributed by atoms with E-state index in [0.717, 1.165) is 27.5 Å². The van der Waals surface area contributed by atoms with Crippen LogP contribution in [0.4, 0.5) is 0 Å². The summed E-state index contributed by atoms with van der Waals surface area (Å²) >= 11 is 1.61. The van der Waals surface area contributed by atoms with Crippen LogP contribution < -0.4 is 0 Å². The van der Waals surface area contributed by atoms with E-state index in [4.69, 9.17) is 0 Å². The van der Waals surface area contributed by atoms with E-state index in [1.807, 2.05) is 43.1 Å². The third kappa shape index (κ3) is 2.92. The average molecular weight is 329 g/mol. The molecule has 120 valence electrons. The van der Waals surface area contributed by atoms with Gasteiger partial charge in [0.05, 0.1) is 16.3 Å². The Morgan fingerprint density at radius 3 is 2.83 bits per heavy atom. The Labute approximate surface area is 138 Å². The van der Waals surface area contributed by atoms with Gasteiger partial charge >= 0.3 is 0 Å². The van der Waals surface area contributed by atoms with Crippen molar-refractivity contribution >= 4 is 17.2 Å². The van der Waals surface area contributed by atoms with Crippen LogP contribution in [0.1, 0.15) is 27.4 Å². The Morgan fingerprint density at radius 2 is 2.22 bits per heavy atom. The smallest absolute Gasteiger partial charge is 0.274 e. The van der Waals surface area contributed by atoms with Crippen molar-refractivity contribution in [2.24, 2.45) is 7.05 Å². The van der Waals surface area contributed by atoms with E-state index in [0.29, 0.717) is 12.2 Å².